The van der Waals surface area contributed by atoms with E-state index in [-0.39, 0.29) is 0 Å². The van der Waals surface area contributed by atoms with Gasteiger partial charge in [-0.2, -0.15) is 0 Å². The minimum absolute atomic E-state index is 0.668. The first-order valence-electron chi connectivity index (χ1n) is 4.06. The molecule has 0 aliphatic carbocycles. The standard InChI is InChI=1S/C8H10OS.C2H4O2/c1-10(9)7-8-5-3-2-4-6-8;1-2(3)4/h2-6H,7H2,1H3;1H3,(H,3,4). The first-order valence-corrected chi connectivity index (χ1v) is 5.78. The Balaban J connectivity index is 0.000000364. The molecule has 0 aliphatic heterocycles. The Labute approximate surface area is 86.2 Å². The first kappa shape index (κ1) is 12.8. The van der Waals surface area contributed by atoms with E-state index in [0.29, 0.717) is 5.75 Å². The van der Waals surface area contributed by atoms with E-state index in [4.69, 9.17) is 9.90 Å². The van der Waals surface area contributed by atoms with Crippen LogP contribution in [0, 0.1) is 0 Å². The van der Waals surface area contributed by atoms with E-state index >= 15 is 0 Å². The highest BCUT2D eigenvalue weighted by atomic mass is 32.2. The molecule has 0 saturated carbocycles. The van der Waals surface area contributed by atoms with Crippen LogP contribution in [0.4, 0.5) is 0 Å². The van der Waals surface area contributed by atoms with Gasteiger partial charge in [0.05, 0.1) is 0 Å². The number of rotatable bonds is 2. The summed E-state index contributed by atoms with van der Waals surface area (Å²) in [7, 11) is -0.717. The quantitative estimate of drug-likeness (QED) is 0.814. The van der Waals surface area contributed by atoms with Gasteiger partial charge in [-0.15, -0.1) is 0 Å². The summed E-state index contributed by atoms with van der Waals surface area (Å²) in [6.07, 6.45) is 1.72. The number of hydrogen-bond donors (Lipinski definition) is 1. The number of carboxylic acids is 1. The smallest absolute Gasteiger partial charge is 0.300 e. The summed E-state index contributed by atoms with van der Waals surface area (Å²) in [4.78, 5) is 9.00. The molecular formula is C10H14O3S. The van der Waals surface area contributed by atoms with Gasteiger partial charge < -0.3 is 5.11 Å². The number of carbonyl (C=O) groups is 1. The zero-order chi connectivity index (χ0) is 11.0. The molecule has 0 aromatic heterocycles. The molecular weight excluding hydrogens is 200 g/mol. The highest BCUT2D eigenvalue weighted by Gasteiger charge is 1.91. The second kappa shape index (κ2) is 7.26. The maximum atomic E-state index is 10.7. The molecule has 0 amide bonds. The Hall–Kier alpha value is -1.16. The molecule has 1 aromatic carbocycles. The van der Waals surface area contributed by atoms with E-state index in [2.05, 4.69) is 0 Å². The van der Waals surface area contributed by atoms with Crippen LogP contribution in [0.1, 0.15) is 12.5 Å². The molecule has 78 valence electrons. The Morgan fingerprint density at radius 1 is 1.36 bits per heavy atom. The molecule has 1 atom stereocenters. The predicted octanol–water partition coefficient (Wildman–Crippen LogP) is 1.66. The van der Waals surface area contributed by atoms with Crippen LogP contribution in [0.15, 0.2) is 30.3 Å². The lowest BCUT2D eigenvalue weighted by Crippen LogP contribution is -1.90. The van der Waals surface area contributed by atoms with Gasteiger partial charge in [0.1, 0.15) is 0 Å². The molecule has 0 saturated heterocycles. The third kappa shape index (κ3) is 8.93. The van der Waals surface area contributed by atoms with Crippen molar-refractivity contribution in [3.8, 4) is 0 Å². The van der Waals surface area contributed by atoms with E-state index in [9.17, 15) is 4.21 Å². The normalized spacial score (nSPS) is 11.0. The van der Waals surface area contributed by atoms with Crippen molar-refractivity contribution in [2.45, 2.75) is 12.7 Å². The second-order valence-electron chi connectivity index (χ2n) is 2.72. The lowest BCUT2D eigenvalue weighted by molar-refractivity contribution is -0.134. The van der Waals surface area contributed by atoms with Crippen LogP contribution in [0.25, 0.3) is 0 Å². The van der Waals surface area contributed by atoms with Gasteiger partial charge in [-0.3, -0.25) is 9.00 Å². The van der Waals surface area contributed by atoms with Crippen molar-refractivity contribution in [3.05, 3.63) is 35.9 Å². The van der Waals surface area contributed by atoms with E-state index in [1.807, 2.05) is 30.3 Å². The third-order valence-electron chi connectivity index (χ3n) is 1.21. The van der Waals surface area contributed by atoms with Crippen molar-refractivity contribution in [1.82, 2.24) is 0 Å². The Bertz CT molecular complexity index is 291. The van der Waals surface area contributed by atoms with E-state index in [0.717, 1.165) is 12.5 Å². The van der Waals surface area contributed by atoms with Crippen LogP contribution in [-0.4, -0.2) is 21.5 Å². The Morgan fingerprint density at radius 2 is 1.79 bits per heavy atom. The predicted molar refractivity (Wildman–Crippen MR) is 57.5 cm³/mol. The highest BCUT2D eigenvalue weighted by molar-refractivity contribution is 7.83. The van der Waals surface area contributed by atoms with Gasteiger partial charge in [0.25, 0.3) is 5.97 Å². The summed E-state index contributed by atoms with van der Waals surface area (Å²) in [5, 5.41) is 7.42. The number of carboxylic acid groups (broad SMARTS) is 1. The molecule has 1 unspecified atom stereocenters. The lowest BCUT2D eigenvalue weighted by Gasteiger charge is -1.94. The van der Waals surface area contributed by atoms with Crippen LogP contribution >= 0.6 is 0 Å². The molecule has 4 heteroatoms. The SMILES string of the molecule is CC(=O)O.CS(=O)Cc1ccccc1. The summed E-state index contributed by atoms with van der Waals surface area (Å²) >= 11 is 0. The summed E-state index contributed by atoms with van der Waals surface area (Å²) < 4.78 is 10.7. The minimum Gasteiger partial charge on any atom is -0.481 e. The molecule has 14 heavy (non-hydrogen) atoms. The van der Waals surface area contributed by atoms with Crippen LogP contribution in [0.2, 0.25) is 0 Å². The van der Waals surface area contributed by atoms with Crippen molar-refractivity contribution in [2.75, 3.05) is 6.26 Å². The molecule has 0 radical (unpaired) electrons. The summed E-state index contributed by atoms with van der Waals surface area (Å²) in [5.41, 5.74) is 1.14. The van der Waals surface area contributed by atoms with Gasteiger partial charge >= 0.3 is 0 Å². The van der Waals surface area contributed by atoms with Crippen molar-refractivity contribution in [1.29, 1.82) is 0 Å². The van der Waals surface area contributed by atoms with Gasteiger partial charge in [-0.25, -0.2) is 0 Å². The average molecular weight is 214 g/mol. The number of hydrogen-bond acceptors (Lipinski definition) is 2. The van der Waals surface area contributed by atoms with Crippen molar-refractivity contribution < 1.29 is 14.1 Å². The van der Waals surface area contributed by atoms with Crippen LogP contribution in [-0.2, 0) is 21.3 Å². The molecule has 1 aromatic rings. The minimum atomic E-state index is -0.833. The molecule has 0 spiro atoms. The lowest BCUT2D eigenvalue weighted by atomic mass is 10.2. The topological polar surface area (TPSA) is 54.4 Å². The van der Waals surface area contributed by atoms with Crippen LogP contribution in [0.3, 0.4) is 0 Å². The molecule has 3 nitrogen and oxygen atoms in total. The number of aliphatic carboxylic acids is 1. The molecule has 0 bridgehead atoms. The monoisotopic (exact) mass is 214 g/mol. The van der Waals surface area contributed by atoms with E-state index in [1.165, 1.54) is 0 Å². The molecule has 0 heterocycles. The molecule has 1 N–H and O–H groups in total. The van der Waals surface area contributed by atoms with E-state index in [1.54, 1.807) is 6.26 Å². The summed E-state index contributed by atoms with van der Waals surface area (Å²) in [6.45, 7) is 1.08. The largest absolute Gasteiger partial charge is 0.481 e. The van der Waals surface area contributed by atoms with Gasteiger partial charge in [-0.1, -0.05) is 30.3 Å². The zero-order valence-corrected chi connectivity index (χ0v) is 9.08. The maximum Gasteiger partial charge on any atom is 0.300 e. The maximum absolute atomic E-state index is 10.7. The number of benzene rings is 1. The summed E-state index contributed by atoms with van der Waals surface area (Å²) in [6, 6.07) is 9.86. The highest BCUT2D eigenvalue weighted by Crippen LogP contribution is 2.00. The van der Waals surface area contributed by atoms with Crippen LogP contribution in [0.5, 0.6) is 0 Å². The van der Waals surface area contributed by atoms with Crippen molar-refractivity contribution in [2.24, 2.45) is 0 Å². The van der Waals surface area contributed by atoms with Crippen LogP contribution < -0.4 is 0 Å². The van der Waals surface area contributed by atoms with Crippen molar-refractivity contribution >= 4 is 16.8 Å². The van der Waals surface area contributed by atoms with Gasteiger partial charge in [0.2, 0.25) is 0 Å². The van der Waals surface area contributed by atoms with Gasteiger partial charge in [-0.05, 0) is 5.56 Å². The fraction of sp³-hybridized carbons (Fsp3) is 0.300. The molecule has 0 fully saturated rings. The third-order valence-corrected chi connectivity index (χ3v) is 1.95. The van der Waals surface area contributed by atoms with Crippen molar-refractivity contribution in [3.63, 3.8) is 0 Å². The zero-order valence-electron chi connectivity index (χ0n) is 8.27. The first-order chi connectivity index (χ1) is 6.52. The second-order valence-corrected chi connectivity index (χ2v) is 4.16. The molecule has 0 aliphatic rings. The fourth-order valence-electron chi connectivity index (χ4n) is 0.809. The Morgan fingerprint density at radius 3 is 2.14 bits per heavy atom. The van der Waals surface area contributed by atoms with Gasteiger partial charge in [0, 0.05) is 29.7 Å². The van der Waals surface area contributed by atoms with E-state index < -0.39 is 16.8 Å². The summed E-state index contributed by atoms with van der Waals surface area (Å²) in [5.74, 6) is -0.166. The molecule has 1 rings (SSSR count). The Kier molecular flexibility index (Phi) is 6.66. The average Bonchev–Trinajstić information content (AvgIpc) is 2.03. The van der Waals surface area contributed by atoms with Gasteiger partial charge in [0.15, 0.2) is 0 Å². The fourth-order valence-corrected chi connectivity index (χ4v) is 1.47.